The van der Waals surface area contributed by atoms with Crippen molar-refractivity contribution < 1.29 is 13.5 Å². The van der Waals surface area contributed by atoms with Gasteiger partial charge in [0.1, 0.15) is 17.1 Å². The van der Waals surface area contributed by atoms with E-state index in [4.69, 9.17) is 23.2 Å². The fourth-order valence-electron chi connectivity index (χ4n) is 3.96. The van der Waals surface area contributed by atoms with E-state index in [0.717, 1.165) is 11.1 Å². The van der Waals surface area contributed by atoms with Gasteiger partial charge < -0.3 is 9.67 Å². The molecule has 0 spiro atoms. The molecule has 0 saturated heterocycles. The minimum Gasteiger partial charge on any atom is -0.389 e. The first-order chi connectivity index (χ1) is 15.8. The van der Waals surface area contributed by atoms with E-state index >= 15 is 0 Å². The maximum Gasteiger partial charge on any atom is 0.261 e. The Bertz CT molecular complexity index is 1490. The zero-order valence-electron chi connectivity index (χ0n) is 17.1. The van der Waals surface area contributed by atoms with Crippen LogP contribution in [0.2, 0.25) is 10.2 Å². The summed E-state index contributed by atoms with van der Waals surface area (Å²) in [6.07, 6.45) is 7.00. The second kappa shape index (κ2) is 8.46. The highest BCUT2D eigenvalue weighted by Gasteiger charge is 2.24. The zero-order chi connectivity index (χ0) is 23.2. The highest BCUT2D eigenvalue weighted by molar-refractivity contribution is 7.92. The van der Waals surface area contributed by atoms with Crippen LogP contribution >= 0.6 is 23.2 Å². The Morgan fingerprint density at radius 3 is 2.55 bits per heavy atom. The fraction of sp³-hybridized carbons (Fsp3) is 0.130. The van der Waals surface area contributed by atoms with Crippen LogP contribution in [-0.4, -0.2) is 34.2 Å². The number of benzene rings is 2. The lowest BCUT2D eigenvalue weighted by Gasteiger charge is -2.12. The number of fused-ring (bicyclic) bond motifs is 1. The molecule has 0 bridgehead atoms. The quantitative estimate of drug-likeness (QED) is 0.294. The molecule has 5 rings (SSSR count). The molecular weight excluding hydrogens is 483 g/mol. The second-order valence-corrected chi connectivity index (χ2v) is 10.1. The Kier molecular flexibility index (Phi) is 5.62. The number of hydrogen-bond donors (Lipinski definition) is 2. The fourth-order valence-corrected chi connectivity index (χ4v) is 5.57. The molecule has 0 amide bonds. The van der Waals surface area contributed by atoms with Crippen molar-refractivity contribution in [3.8, 4) is 11.1 Å². The first-order valence-corrected chi connectivity index (χ1v) is 12.3. The maximum atomic E-state index is 12.7. The van der Waals surface area contributed by atoms with Gasteiger partial charge in [-0.05, 0) is 29.8 Å². The monoisotopic (exact) mass is 500 g/mol. The third kappa shape index (κ3) is 4.11. The number of aromatic nitrogens is 3. The molecule has 2 atom stereocenters. The van der Waals surface area contributed by atoms with Gasteiger partial charge >= 0.3 is 0 Å². The van der Waals surface area contributed by atoms with Crippen LogP contribution in [0.25, 0.3) is 22.2 Å². The molecule has 168 valence electrons. The van der Waals surface area contributed by atoms with Gasteiger partial charge in [0, 0.05) is 18.2 Å². The largest absolute Gasteiger partial charge is 0.389 e. The first-order valence-electron chi connectivity index (χ1n) is 10.1. The normalized spacial score (nSPS) is 18.2. The summed E-state index contributed by atoms with van der Waals surface area (Å²) >= 11 is 12.9. The Hall–Kier alpha value is -2.91. The Balaban J connectivity index is 1.55. The smallest absolute Gasteiger partial charge is 0.261 e. The van der Waals surface area contributed by atoms with Gasteiger partial charge in [-0.2, -0.15) is 0 Å². The maximum absolute atomic E-state index is 12.7. The van der Waals surface area contributed by atoms with Gasteiger partial charge in [0.25, 0.3) is 10.0 Å². The predicted octanol–water partition coefficient (Wildman–Crippen LogP) is 5.07. The molecule has 2 aromatic carbocycles. The van der Waals surface area contributed by atoms with Gasteiger partial charge in [-0.1, -0.05) is 59.6 Å². The molecular formula is C23H18Cl2N4O3S. The van der Waals surface area contributed by atoms with Crippen molar-refractivity contribution in [1.29, 1.82) is 0 Å². The highest BCUT2D eigenvalue weighted by Crippen LogP contribution is 2.39. The van der Waals surface area contributed by atoms with Gasteiger partial charge in [0.15, 0.2) is 0 Å². The van der Waals surface area contributed by atoms with E-state index in [1.165, 1.54) is 18.5 Å². The highest BCUT2D eigenvalue weighted by atomic mass is 35.5. The summed E-state index contributed by atoms with van der Waals surface area (Å²) in [6, 6.07) is 13.0. The lowest BCUT2D eigenvalue weighted by atomic mass is 10.1. The molecule has 2 unspecified atom stereocenters. The number of anilines is 1. The Labute approximate surface area is 200 Å². The first kappa shape index (κ1) is 21.9. The summed E-state index contributed by atoms with van der Waals surface area (Å²) in [5.74, 6) is 0. The molecule has 7 nitrogen and oxygen atoms in total. The lowest BCUT2D eigenvalue weighted by Crippen LogP contribution is -2.13. The molecule has 33 heavy (non-hydrogen) atoms. The standard InChI is InChI=1S/C23H18Cl2N4O3S/c24-19-10-14(6-9-20(19)28-33(31,32)17-4-2-1-3-5-17)18-12-29(15-7-8-16(30)11-15)23-21(18)22(25)26-13-27-23/h1-10,12-13,15-16,28,30H,11H2. The number of hydrogen-bond acceptors (Lipinski definition) is 5. The number of nitrogens with zero attached hydrogens (tertiary/aromatic N) is 3. The summed E-state index contributed by atoms with van der Waals surface area (Å²) in [5.41, 5.74) is 2.38. The average Bonchev–Trinajstić information content (AvgIpc) is 3.40. The van der Waals surface area contributed by atoms with E-state index < -0.39 is 16.1 Å². The number of rotatable bonds is 5. The summed E-state index contributed by atoms with van der Waals surface area (Å²) in [4.78, 5) is 8.67. The van der Waals surface area contributed by atoms with Crippen molar-refractivity contribution in [1.82, 2.24) is 14.5 Å². The number of sulfonamides is 1. The third-order valence-corrected chi connectivity index (χ3v) is 7.52. The van der Waals surface area contributed by atoms with Gasteiger partial charge in [0.05, 0.1) is 33.1 Å². The number of halogens is 2. The van der Waals surface area contributed by atoms with Crippen LogP contribution in [0.15, 0.2) is 78.1 Å². The van der Waals surface area contributed by atoms with Gasteiger partial charge in [-0.3, -0.25) is 4.72 Å². The third-order valence-electron chi connectivity index (χ3n) is 5.54. The minimum absolute atomic E-state index is 0.0744. The van der Waals surface area contributed by atoms with E-state index in [-0.39, 0.29) is 21.6 Å². The number of nitrogens with one attached hydrogen (secondary N) is 1. The number of aliphatic hydroxyl groups is 1. The molecule has 1 aliphatic rings. The van der Waals surface area contributed by atoms with Gasteiger partial charge in [-0.25, -0.2) is 18.4 Å². The molecule has 1 aliphatic carbocycles. The van der Waals surface area contributed by atoms with Crippen molar-refractivity contribution in [3.05, 3.63) is 83.4 Å². The van der Waals surface area contributed by atoms with Crippen molar-refractivity contribution in [2.75, 3.05) is 4.72 Å². The molecule has 2 heterocycles. The second-order valence-electron chi connectivity index (χ2n) is 7.68. The van der Waals surface area contributed by atoms with E-state index in [1.54, 1.807) is 42.5 Å². The number of allylic oxidation sites excluding steroid dienone is 1. The summed E-state index contributed by atoms with van der Waals surface area (Å²) in [5, 5.41) is 11.1. The van der Waals surface area contributed by atoms with Gasteiger partial charge in [-0.15, -0.1) is 0 Å². The summed E-state index contributed by atoms with van der Waals surface area (Å²) in [6.45, 7) is 0. The predicted molar refractivity (Wildman–Crippen MR) is 129 cm³/mol. The van der Waals surface area contributed by atoms with E-state index in [0.29, 0.717) is 22.6 Å². The van der Waals surface area contributed by atoms with Crippen LogP contribution in [0.3, 0.4) is 0 Å². The number of aliphatic hydroxyl groups excluding tert-OH is 1. The van der Waals surface area contributed by atoms with E-state index in [9.17, 15) is 13.5 Å². The molecule has 10 heteroatoms. The molecule has 2 N–H and O–H groups in total. The Morgan fingerprint density at radius 2 is 1.85 bits per heavy atom. The average molecular weight is 501 g/mol. The van der Waals surface area contributed by atoms with E-state index in [2.05, 4.69) is 14.7 Å². The van der Waals surface area contributed by atoms with Crippen LogP contribution in [0.1, 0.15) is 12.5 Å². The molecule has 2 aromatic heterocycles. The lowest BCUT2D eigenvalue weighted by molar-refractivity contribution is 0.211. The van der Waals surface area contributed by atoms with Gasteiger partial charge in [0.2, 0.25) is 0 Å². The zero-order valence-corrected chi connectivity index (χ0v) is 19.4. The van der Waals surface area contributed by atoms with Crippen molar-refractivity contribution >= 4 is 49.9 Å². The van der Waals surface area contributed by atoms with Crippen molar-refractivity contribution in [3.63, 3.8) is 0 Å². The van der Waals surface area contributed by atoms with Crippen LogP contribution < -0.4 is 4.72 Å². The molecule has 4 aromatic rings. The summed E-state index contributed by atoms with van der Waals surface area (Å²) in [7, 11) is -3.78. The van der Waals surface area contributed by atoms with Crippen LogP contribution in [-0.2, 0) is 10.0 Å². The van der Waals surface area contributed by atoms with Crippen molar-refractivity contribution in [2.24, 2.45) is 0 Å². The van der Waals surface area contributed by atoms with Crippen LogP contribution in [0.5, 0.6) is 0 Å². The van der Waals surface area contributed by atoms with E-state index in [1.807, 2.05) is 16.8 Å². The van der Waals surface area contributed by atoms with Crippen LogP contribution in [0, 0.1) is 0 Å². The molecule has 0 radical (unpaired) electrons. The summed E-state index contributed by atoms with van der Waals surface area (Å²) < 4.78 is 29.8. The SMILES string of the molecule is O=S(=O)(Nc1ccc(-c2cn(C3C=CC(O)C3)c3ncnc(Cl)c23)cc1Cl)c1ccccc1. The minimum atomic E-state index is -3.78. The van der Waals surface area contributed by atoms with Crippen molar-refractivity contribution in [2.45, 2.75) is 23.5 Å². The van der Waals surface area contributed by atoms with Crippen LogP contribution in [0.4, 0.5) is 5.69 Å². The Morgan fingerprint density at radius 1 is 1.06 bits per heavy atom. The topological polar surface area (TPSA) is 97.1 Å². The molecule has 0 aliphatic heterocycles. The molecule has 0 saturated carbocycles. The molecule has 0 fully saturated rings.